The Kier molecular flexibility index (Phi) is 7.20. The number of aliphatic hydroxyl groups excluding tert-OH is 1. The Morgan fingerprint density at radius 1 is 1.33 bits per heavy atom. The minimum absolute atomic E-state index is 0.238. The fraction of sp³-hybridized carbons (Fsp3) is 1.00. The molecule has 2 N–H and O–H groups in total. The van der Waals surface area contributed by atoms with Crippen LogP contribution in [0.4, 0.5) is 0 Å². The van der Waals surface area contributed by atoms with Gasteiger partial charge in [-0.2, -0.15) is 0 Å². The number of nitrogens with one attached hydrogen (secondary N) is 1. The zero-order chi connectivity index (χ0) is 13.5. The Balaban J connectivity index is 2.42. The SMILES string of the molecule is CCCN1CCCC(C(C)N[C@H](CO)C(C)C)C1. The van der Waals surface area contributed by atoms with Crippen molar-refractivity contribution in [3.63, 3.8) is 0 Å². The number of hydrogen-bond acceptors (Lipinski definition) is 3. The van der Waals surface area contributed by atoms with Crippen LogP contribution in [0.2, 0.25) is 0 Å². The van der Waals surface area contributed by atoms with Crippen LogP contribution in [0.1, 0.15) is 47.0 Å². The highest BCUT2D eigenvalue weighted by molar-refractivity contribution is 4.83. The molecule has 1 fully saturated rings. The first-order chi connectivity index (χ1) is 8.58. The Bertz CT molecular complexity index is 219. The lowest BCUT2D eigenvalue weighted by Crippen LogP contribution is -2.50. The van der Waals surface area contributed by atoms with Crippen molar-refractivity contribution in [1.29, 1.82) is 0 Å². The van der Waals surface area contributed by atoms with E-state index in [2.05, 4.69) is 37.9 Å². The molecule has 2 unspecified atom stereocenters. The summed E-state index contributed by atoms with van der Waals surface area (Å²) in [6.07, 6.45) is 3.90. The summed E-state index contributed by atoms with van der Waals surface area (Å²) in [5, 5.41) is 13.0. The van der Waals surface area contributed by atoms with Crippen molar-refractivity contribution >= 4 is 0 Å². The van der Waals surface area contributed by atoms with Gasteiger partial charge >= 0.3 is 0 Å². The van der Waals surface area contributed by atoms with Crippen molar-refractivity contribution in [2.45, 2.75) is 59.0 Å². The molecule has 0 spiro atoms. The van der Waals surface area contributed by atoms with Gasteiger partial charge in [0, 0.05) is 18.6 Å². The molecule has 0 aromatic heterocycles. The highest BCUT2D eigenvalue weighted by Gasteiger charge is 2.26. The van der Waals surface area contributed by atoms with Gasteiger partial charge in [0.1, 0.15) is 0 Å². The van der Waals surface area contributed by atoms with Gasteiger partial charge in [-0.1, -0.05) is 20.8 Å². The molecule has 3 heteroatoms. The van der Waals surface area contributed by atoms with E-state index < -0.39 is 0 Å². The van der Waals surface area contributed by atoms with Crippen LogP contribution in [0, 0.1) is 11.8 Å². The van der Waals surface area contributed by atoms with E-state index in [9.17, 15) is 5.11 Å². The highest BCUT2D eigenvalue weighted by atomic mass is 16.3. The Labute approximate surface area is 113 Å². The summed E-state index contributed by atoms with van der Waals surface area (Å²) in [5.41, 5.74) is 0. The number of aliphatic hydroxyl groups is 1. The summed E-state index contributed by atoms with van der Waals surface area (Å²) >= 11 is 0. The van der Waals surface area contributed by atoms with E-state index in [0.29, 0.717) is 12.0 Å². The van der Waals surface area contributed by atoms with Crippen molar-refractivity contribution in [2.24, 2.45) is 11.8 Å². The van der Waals surface area contributed by atoms with Gasteiger partial charge in [-0.05, 0) is 51.1 Å². The second-order valence-electron chi connectivity index (χ2n) is 6.19. The molecule has 18 heavy (non-hydrogen) atoms. The lowest BCUT2D eigenvalue weighted by Gasteiger charge is -2.37. The molecule has 1 rings (SSSR count). The van der Waals surface area contributed by atoms with Gasteiger partial charge in [0.05, 0.1) is 6.61 Å². The van der Waals surface area contributed by atoms with Crippen molar-refractivity contribution in [1.82, 2.24) is 10.2 Å². The molecule has 0 aliphatic carbocycles. The average molecular weight is 256 g/mol. The maximum atomic E-state index is 9.41. The molecule has 3 nitrogen and oxygen atoms in total. The molecule has 1 aliphatic heterocycles. The van der Waals surface area contributed by atoms with E-state index >= 15 is 0 Å². The lowest BCUT2D eigenvalue weighted by atomic mass is 9.90. The predicted octanol–water partition coefficient (Wildman–Crippen LogP) is 2.10. The van der Waals surface area contributed by atoms with E-state index in [1.807, 2.05) is 0 Å². The topological polar surface area (TPSA) is 35.5 Å². The van der Waals surface area contributed by atoms with Gasteiger partial charge in [-0.3, -0.25) is 0 Å². The second kappa shape index (κ2) is 8.13. The number of piperidine rings is 1. The van der Waals surface area contributed by atoms with Crippen molar-refractivity contribution in [3.05, 3.63) is 0 Å². The molecule has 0 aromatic rings. The van der Waals surface area contributed by atoms with Crippen LogP contribution in [0.25, 0.3) is 0 Å². The third-order valence-electron chi connectivity index (χ3n) is 4.27. The average Bonchev–Trinajstić information content (AvgIpc) is 2.36. The minimum Gasteiger partial charge on any atom is -0.395 e. The molecule has 0 amide bonds. The molecule has 0 radical (unpaired) electrons. The van der Waals surface area contributed by atoms with Gasteiger partial charge in [0.2, 0.25) is 0 Å². The van der Waals surface area contributed by atoms with E-state index in [1.165, 1.54) is 38.9 Å². The van der Waals surface area contributed by atoms with Crippen LogP contribution in [-0.2, 0) is 0 Å². The van der Waals surface area contributed by atoms with E-state index in [4.69, 9.17) is 0 Å². The van der Waals surface area contributed by atoms with Gasteiger partial charge in [0.15, 0.2) is 0 Å². The maximum Gasteiger partial charge on any atom is 0.0587 e. The quantitative estimate of drug-likeness (QED) is 0.732. The molecule has 3 atom stereocenters. The van der Waals surface area contributed by atoms with Crippen molar-refractivity contribution in [2.75, 3.05) is 26.2 Å². The largest absolute Gasteiger partial charge is 0.395 e. The standard InChI is InChI=1S/C15H32N2O/c1-5-8-17-9-6-7-14(10-17)13(4)16-15(11-18)12(2)3/h12-16,18H,5-11H2,1-4H3/t13?,14?,15-/m1/s1. The van der Waals surface area contributed by atoms with Gasteiger partial charge in [-0.15, -0.1) is 0 Å². The maximum absolute atomic E-state index is 9.41. The number of nitrogens with zero attached hydrogens (tertiary/aromatic N) is 1. The summed E-state index contributed by atoms with van der Waals surface area (Å²) in [5.74, 6) is 1.23. The molecule has 1 aliphatic rings. The van der Waals surface area contributed by atoms with Crippen LogP contribution >= 0.6 is 0 Å². The smallest absolute Gasteiger partial charge is 0.0587 e. The van der Waals surface area contributed by atoms with Crippen LogP contribution in [-0.4, -0.2) is 48.3 Å². The number of likely N-dealkylation sites (tertiary alicyclic amines) is 1. The predicted molar refractivity (Wildman–Crippen MR) is 77.8 cm³/mol. The monoisotopic (exact) mass is 256 g/mol. The van der Waals surface area contributed by atoms with Gasteiger partial charge < -0.3 is 15.3 Å². The zero-order valence-electron chi connectivity index (χ0n) is 12.7. The van der Waals surface area contributed by atoms with E-state index in [1.54, 1.807) is 0 Å². The third kappa shape index (κ3) is 4.87. The second-order valence-corrected chi connectivity index (χ2v) is 6.19. The number of rotatable bonds is 7. The first-order valence-corrected chi connectivity index (χ1v) is 7.67. The van der Waals surface area contributed by atoms with Crippen LogP contribution in [0.15, 0.2) is 0 Å². The molecule has 0 saturated carbocycles. The molecule has 1 heterocycles. The van der Waals surface area contributed by atoms with Gasteiger partial charge in [-0.25, -0.2) is 0 Å². The Morgan fingerprint density at radius 2 is 2.06 bits per heavy atom. The van der Waals surface area contributed by atoms with Gasteiger partial charge in [0.25, 0.3) is 0 Å². The van der Waals surface area contributed by atoms with Crippen LogP contribution in [0.3, 0.4) is 0 Å². The summed E-state index contributed by atoms with van der Waals surface area (Å²) in [7, 11) is 0. The summed E-state index contributed by atoms with van der Waals surface area (Å²) in [6.45, 7) is 12.8. The first-order valence-electron chi connectivity index (χ1n) is 7.67. The number of hydrogen-bond donors (Lipinski definition) is 2. The molecular formula is C15H32N2O. The summed E-state index contributed by atoms with van der Waals surface area (Å²) in [4.78, 5) is 2.59. The fourth-order valence-electron chi connectivity index (χ4n) is 2.95. The molecule has 108 valence electrons. The van der Waals surface area contributed by atoms with Crippen molar-refractivity contribution < 1.29 is 5.11 Å². The normalized spacial score (nSPS) is 25.3. The third-order valence-corrected chi connectivity index (χ3v) is 4.27. The Morgan fingerprint density at radius 3 is 2.61 bits per heavy atom. The molecule has 0 aromatic carbocycles. The van der Waals surface area contributed by atoms with E-state index in [0.717, 1.165) is 5.92 Å². The molecule has 1 saturated heterocycles. The fourth-order valence-corrected chi connectivity index (χ4v) is 2.95. The van der Waals surface area contributed by atoms with Crippen LogP contribution < -0.4 is 5.32 Å². The lowest BCUT2D eigenvalue weighted by molar-refractivity contribution is 0.130. The zero-order valence-corrected chi connectivity index (χ0v) is 12.7. The molecular weight excluding hydrogens is 224 g/mol. The van der Waals surface area contributed by atoms with Crippen LogP contribution in [0.5, 0.6) is 0 Å². The Hall–Kier alpha value is -0.120. The minimum atomic E-state index is 0.238. The van der Waals surface area contributed by atoms with E-state index in [-0.39, 0.29) is 12.6 Å². The first kappa shape index (κ1) is 15.9. The highest BCUT2D eigenvalue weighted by Crippen LogP contribution is 2.20. The summed E-state index contributed by atoms with van der Waals surface area (Å²) < 4.78 is 0. The summed E-state index contributed by atoms with van der Waals surface area (Å²) in [6, 6.07) is 0.741. The van der Waals surface area contributed by atoms with Crippen molar-refractivity contribution in [3.8, 4) is 0 Å². The molecule has 0 bridgehead atoms.